The van der Waals surface area contributed by atoms with E-state index in [1.807, 2.05) is 0 Å². The van der Waals surface area contributed by atoms with Crippen molar-refractivity contribution in [3.05, 3.63) is 0 Å². The zero-order valence-corrected chi connectivity index (χ0v) is 12.1. The Bertz CT molecular complexity index is 274. The van der Waals surface area contributed by atoms with Crippen molar-refractivity contribution in [1.29, 1.82) is 0 Å². The lowest BCUT2D eigenvalue weighted by molar-refractivity contribution is -0.123. The Kier molecular flexibility index (Phi) is 6.15. The molecule has 3 heteroatoms. The van der Waals surface area contributed by atoms with E-state index in [0.717, 1.165) is 38.0 Å². The highest BCUT2D eigenvalue weighted by molar-refractivity contribution is 5.76. The maximum Gasteiger partial charge on any atom is 0.220 e. The fourth-order valence-electron chi connectivity index (χ4n) is 3.59. The quantitative estimate of drug-likeness (QED) is 0.804. The number of carbonyl (C=O) groups is 1. The summed E-state index contributed by atoms with van der Waals surface area (Å²) in [5, 5.41) is 12.8. The van der Waals surface area contributed by atoms with Crippen LogP contribution in [0.25, 0.3) is 0 Å². The highest BCUT2D eigenvalue weighted by Crippen LogP contribution is 2.27. The van der Waals surface area contributed by atoms with E-state index >= 15 is 0 Å². The van der Waals surface area contributed by atoms with Gasteiger partial charge >= 0.3 is 0 Å². The molecule has 0 aromatic heterocycles. The highest BCUT2D eigenvalue weighted by atomic mass is 16.3. The topological polar surface area (TPSA) is 49.3 Å². The number of nitrogens with one attached hydrogen (secondary N) is 1. The van der Waals surface area contributed by atoms with Crippen LogP contribution in [0.15, 0.2) is 0 Å². The van der Waals surface area contributed by atoms with Crippen LogP contribution in [0.1, 0.15) is 77.0 Å². The van der Waals surface area contributed by atoms with Crippen LogP contribution < -0.4 is 5.32 Å². The van der Waals surface area contributed by atoms with Crippen molar-refractivity contribution in [2.45, 2.75) is 89.2 Å². The van der Waals surface area contributed by atoms with Gasteiger partial charge in [-0.25, -0.2) is 0 Å². The van der Waals surface area contributed by atoms with E-state index in [2.05, 4.69) is 5.32 Å². The van der Waals surface area contributed by atoms with Crippen molar-refractivity contribution >= 4 is 5.91 Å². The zero-order chi connectivity index (χ0) is 13.5. The van der Waals surface area contributed by atoms with Crippen LogP contribution in [0.5, 0.6) is 0 Å². The van der Waals surface area contributed by atoms with Gasteiger partial charge in [0, 0.05) is 6.42 Å². The molecule has 0 aromatic carbocycles. The Labute approximate surface area is 117 Å². The molecule has 2 rings (SSSR count). The predicted molar refractivity (Wildman–Crippen MR) is 76.8 cm³/mol. The standard InChI is InChI=1S/C16H29NO2/c18-15-11-5-4-10-14(15)17-16(19)12-6-9-13-7-2-1-3-8-13/h13-15,18H,1-12H2,(H,17,19)/t14-,15-/m0/s1. The second kappa shape index (κ2) is 7.88. The summed E-state index contributed by atoms with van der Waals surface area (Å²) in [6.07, 6.45) is 13.4. The smallest absolute Gasteiger partial charge is 0.220 e. The number of carbonyl (C=O) groups excluding carboxylic acids is 1. The van der Waals surface area contributed by atoms with Crippen LogP contribution >= 0.6 is 0 Å². The maximum absolute atomic E-state index is 11.9. The zero-order valence-electron chi connectivity index (χ0n) is 12.1. The first-order valence-corrected chi connectivity index (χ1v) is 8.23. The number of hydrogen-bond acceptors (Lipinski definition) is 2. The van der Waals surface area contributed by atoms with Gasteiger partial charge in [0.2, 0.25) is 5.91 Å². The molecule has 110 valence electrons. The summed E-state index contributed by atoms with van der Waals surface area (Å²) in [7, 11) is 0. The molecule has 0 unspecified atom stereocenters. The van der Waals surface area contributed by atoms with Gasteiger partial charge in [-0.05, 0) is 31.6 Å². The van der Waals surface area contributed by atoms with Gasteiger partial charge in [0.05, 0.1) is 12.1 Å². The number of aliphatic hydroxyl groups is 1. The molecule has 2 fully saturated rings. The van der Waals surface area contributed by atoms with Crippen LogP contribution in [0, 0.1) is 5.92 Å². The van der Waals surface area contributed by atoms with Gasteiger partial charge in [-0.1, -0.05) is 44.9 Å². The van der Waals surface area contributed by atoms with Gasteiger partial charge in [-0.15, -0.1) is 0 Å². The third kappa shape index (κ3) is 5.13. The van der Waals surface area contributed by atoms with Crippen LogP contribution in [-0.4, -0.2) is 23.2 Å². The molecule has 19 heavy (non-hydrogen) atoms. The molecule has 2 saturated carbocycles. The first-order valence-electron chi connectivity index (χ1n) is 8.23. The van der Waals surface area contributed by atoms with Gasteiger partial charge in [0.25, 0.3) is 0 Å². The summed E-state index contributed by atoms with van der Waals surface area (Å²) in [5.74, 6) is 1.00. The van der Waals surface area contributed by atoms with E-state index < -0.39 is 0 Å². The maximum atomic E-state index is 11.9. The fraction of sp³-hybridized carbons (Fsp3) is 0.938. The van der Waals surface area contributed by atoms with Crippen molar-refractivity contribution in [3.8, 4) is 0 Å². The highest BCUT2D eigenvalue weighted by Gasteiger charge is 2.24. The van der Waals surface area contributed by atoms with E-state index in [9.17, 15) is 9.90 Å². The summed E-state index contributed by atoms with van der Waals surface area (Å²) in [6, 6.07) is 0.0101. The summed E-state index contributed by atoms with van der Waals surface area (Å²) in [5.41, 5.74) is 0. The summed E-state index contributed by atoms with van der Waals surface area (Å²) >= 11 is 0. The lowest BCUT2D eigenvalue weighted by Gasteiger charge is -2.28. The molecule has 0 aromatic rings. The van der Waals surface area contributed by atoms with Crippen LogP contribution in [-0.2, 0) is 4.79 Å². The minimum absolute atomic E-state index is 0.0101. The molecule has 0 heterocycles. The third-order valence-electron chi connectivity index (χ3n) is 4.82. The van der Waals surface area contributed by atoms with Crippen LogP contribution in [0.4, 0.5) is 0 Å². The Morgan fingerprint density at radius 3 is 2.42 bits per heavy atom. The Morgan fingerprint density at radius 2 is 1.68 bits per heavy atom. The summed E-state index contributed by atoms with van der Waals surface area (Å²) in [6.45, 7) is 0. The molecular formula is C16H29NO2. The minimum Gasteiger partial charge on any atom is -0.391 e. The normalized spacial score (nSPS) is 29.1. The minimum atomic E-state index is -0.323. The van der Waals surface area contributed by atoms with Crippen molar-refractivity contribution < 1.29 is 9.90 Å². The second-order valence-corrected chi connectivity index (χ2v) is 6.42. The first kappa shape index (κ1) is 14.8. The summed E-state index contributed by atoms with van der Waals surface area (Å²) in [4.78, 5) is 11.9. The molecule has 1 amide bonds. The SMILES string of the molecule is O=C(CCCC1CCCCC1)N[C@H]1CCCC[C@@H]1O. The third-order valence-corrected chi connectivity index (χ3v) is 4.82. The van der Waals surface area contributed by atoms with Crippen LogP contribution in [0.2, 0.25) is 0 Å². The molecule has 0 radical (unpaired) electrons. The predicted octanol–water partition coefficient (Wildman–Crippen LogP) is 3.16. The van der Waals surface area contributed by atoms with Gasteiger partial charge < -0.3 is 10.4 Å². The molecule has 0 saturated heterocycles. The molecule has 3 nitrogen and oxygen atoms in total. The van der Waals surface area contributed by atoms with Crippen molar-refractivity contribution in [2.24, 2.45) is 5.92 Å². The molecular weight excluding hydrogens is 238 g/mol. The lowest BCUT2D eigenvalue weighted by Crippen LogP contribution is -2.45. The average Bonchev–Trinajstić information content (AvgIpc) is 2.43. The molecule has 0 bridgehead atoms. The van der Waals surface area contributed by atoms with Gasteiger partial charge in [0.1, 0.15) is 0 Å². The first-order chi connectivity index (χ1) is 9.25. The largest absolute Gasteiger partial charge is 0.391 e. The summed E-state index contributed by atoms with van der Waals surface area (Å²) < 4.78 is 0. The molecule has 0 aliphatic heterocycles. The Morgan fingerprint density at radius 1 is 1.00 bits per heavy atom. The van der Waals surface area contributed by atoms with Crippen molar-refractivity contribution in [3.63, 3.8) is 0 Å². The van der Waals surface area contributed by atoms with E-state index in [1.165, 1.54) is 38.5 Å². The Balaban J connectivity index is 1.58. The number of hydrogen-bond donors (Lipinski definition) is 2. The van der Waals surface area contributed by atoms with Crippen molar-refractivity contribution in [2.75, 3.05) is 0 Å². The van der Waals surface area contributed by atoms with E-state index in [-0.39, 0.29) is 18.1 Å². The van der Waals surface area contributed by atoms with Crippen LogP contribution in [0.3, 0.4) is 0 Å². The number of aliphatic hydroxyl groups excluding tert-OH is 1. The van der Waals surface area contributed by atoms with E-state index in [4.69, 9.17) is 0 Å². The van der Waals surface area contributed by atoms with E-state index in [0.29, 0.717) is 6.42 Å². The van der Waals surface area contributed by atoms with E-state index in [1.54, 1.807) is 0 Å². The van der Waals surface area contributed by atoms with Gasteiger partial charge in [-0.2, -0.15) is 0 Å². The Hall–Kier alpha value is -0.570. The molecule has 2 N–H and O–H groups in total. The second-order valence-electron chi connectivity index (χ2n) is 6.42. The number of amides is 1. The average molecular weight is 267 g/mol. The van der Waals surface area contributed by atoms with Crippen molar-refractivity contribution in [1.82, 2.24) is 5.32 Å². The molecule has 2 aliphatic carbocycles. The number of rotatable bonds is 5. The molecule has 2 aliphatic rings. The van der Waals surface area contributed by atoms with Gasteiger partial charge in [0.15, 0.2) is 0 Å². The monoisotopic (exact) mass is 267 g/mol. The fourth-order valence-corrected chi connectivity index (χ4v) is 3.59. The molecule has 0 spiro atoms. The molecule has 2 atom stereocenters. The van der Waals surface area contributed by atoms with Gasteiger partial charge in [-0.3, -0.25) is 4.79 Å². The lowest BCUT2D eigenvalue weighted by atomic mass is 9.86.